The Balaban J connectivity index is 1.59. The van der Waals surface area contributed by atoms with Gasteiger partial charge in [0.1, 0.15) is 6.10 Å². The standard InChI is InChI=1S/C20H28O2/c1-13(2)16-10-9-14(3)11-19(16)22-20(21)18-12-17(18)15-7-5-4-6-8-15/h4-8,13-14,16-19H,9-12H2,1-3H3/t14-,16-,17+,18-,19+/m0/s1. The molecule has 120 valence electrons. The van der Waals surface area contributed by atoms with Crippen LogP contribution in [0.1, 0.15) is 57.9 Å². The summed E-state index contributed by atoms with van der Waals surface area (Å²) in [5.41, 5.74) is 1.28. The van der Waals surface area contributed by atoms with Crippen LogP contribution in [0.5, 0.6) is 0 Å². The summed E-state index contributed by atoms with van der Waals surface area (Å²) in [5, 5.41) is 0. The molecule has 0 N–H and O–H groups in total. The third kappa shape index (κ3) is 3.37. The zero-order chi connectivity index (χ0) is 15.7. The van der Waals surface area contributed by atoms with Crippen molar-refractivity contribution in [2.45, 2.75) is 58.5 Å². The van der Waals surface area contributed by atoms with Crippen molar-refractivity contribution in [3.63, 3.8) is 0 Å². The van der Waals surface area contributed by atoms with Crippen LogP contribution in [0.3, 0.4) is 0 Å². The van der Waals surface area contributed by atoms with Crippen molar-refractivity contribution in [3.05, 3.63) is 35.9 Å². The quantitative estimate of drug-likeness (QED) is 0.747. The molecule has 0 bridgehead atoms. The largest absolute Gasteiger partial charge is 0.462 e. The number of carbonyl (C=O) groups is 1. The first-order valence-electron chi connectivity index (χ1n) is 8.81. The minimum Gasteiger partial charge on any atom is -0.462 e. The lowest BCUT2D eigenvalue weighted by atomic mass is 9.75. The molecule has 2 nitrogen and oxygen atoms in total. The summed E-state index contributed by atoms with van der Waals surface area (Å²) in [6.07, 6.45) is 4.60. The average molecular weight is 300 g/mol. The fraction of sp³-hybridized carbons (Fsp3) is 0.650. The Morgan fingerprint density at radius 3 is 2.55 bits per heavy atom. The van der Waals surface area contributed by atoms with E-state index in [-0.39, 0.29) is 18.0 Å². The van der Waals surface area contributed by atoms with Crippen molar-refractivity contribution in [3.8, 4) is 0 Å². The van der Waals surface area contributed by atoms with Gasteiger partial charge in [-0.25, -0.2) is 0 Å². The number of hydrogen-bond acceptors (Lipinski definition) is 2. The minimum atomic E-state index is 0.0404. The molecule has 2 fully saturated rings. The maximum Gasteiger partial charge on any atom is 0.309 e. The summed E-state index contributed by atoms with van der Waals surface area (Å²) < 4.78 is 5.97. The average Bonchev–Trinajstić information content (AvgIpc) is 3.28. The van der Waals surface area contributed by atoms with Crippen LogP contribution in [0.25, 0.3) is 0 Å². The van der Waals surface area contributed by atoms with Crippen LogP contribution >= 0.6 is 0 Å². The SMILES string of the molecule is CC(C)[C@@H]1CC[C@H](C)C[C@H]1OC(=O)[C@H]1C[C@@H]1c1ccccc1. The molecule has 2 saturated carbocycles. The van der Waals surface area contributed by atoms with Gasteiger partial charge in [0.2, 0.25) is 0 Å². The summed E-state index contributed by atoms with van der Waals surface area (Å²) in [6.45, 7) is 6.79. The van der Waals surface area contributed by atoms with Crippen LogP contribution in [0.2, 0.25) is 0 Å². The van der Waals surface area contributed by atoms with E-state index < -0.39 is 0 Å². The second-order valence-electron chi connectivity index (χ2n) is 7.66. The predicted octanol–water partition coefficient (Wildman–Crippen LogP) is 4.79. The monoisotopic (exact) mass is 300 g/mol. The fourth-order valence-electron chi connectivity index (χ4n) is 4.01. The molecule has 0 amide bonds. The van der Waals surface area contributed by atoms with Crippen molar-refractivity contribution >= 4 is 5.97 Å². The number of hydrogen-bond donors (Lipinski definition) is 0. The summed E-state index contributed by atoms with van der Waals surface area (Å²) in [7, 11) is 0. The van der Waals surface area contributed by atoms with Gasteiger partial charge in [0, 0.05) is 0 Å². The summed E-state index contributed by atoms with van der Waals surface area (Å²) in [5.74, 6) is 2.32. The highest BCUT2D eigenvalue weighted by Gasteiger charge is 2.46. The van der Waals surface area contributed by atoms with Gasteiger partial charge >= 0.3 is 5.97 Å². The molecule has 2 aliphatic rings. The van der Waals surface area contributed by atoms with Gasteiger partial charge in [-0.15, -0.1) is 0 Å². The predicted molar refractivity (Wildman–Crippen MR) is 88.5 cm³/mol. The zero-order valence-electron chi connectivity index (χ0n) is 14.0. The molecule has 2 aliphatic carbocycles. The maximum atomic E-state index is 12.5. The smallest absolute Gasteiger partial charge is 0.309 e. The highest BCUT2D eigenvalue weighted by molar-refractivity contribution is 5.77. The Hall–Kier alpha value is -1.31. The zero-order valence-corrected chi connectivity index (χ0v) is 14.0. The first kappa shape index (κ1) is 15.6. The molecule has 3 rings (SSSR count). The first-order chi connectivity index (χ1) is 10.6. The second kappa shape index (κ2) is 6.44. The number of rotatable bonds is 4. The molecular formula is C20H28O2. The van der Waals surface area contributed by atoms with Crippen LogP contribution in [0.4, 0.5) is 0 Å². The molecule has 0 aromatic heterocycles. The summed E-state index contributed by atoms with van der Waals surface area (Å²) in [6, 6.07) is 10.4. The lowest BCUT2D eigenvalue weighted by molar-refractivity contribution is -0.157. The Labute approximate surface area is 134 Å². The topological polar surface area (TPSA) is 26.3 Å². The molecule has 0 heterocycles. The highest BCUT2D eigenvalue weighted by Crippen LogP contribution is 2.49. The molecule has 22 heavy (non-hydrogen) atoms. The van der Waals surface area contributed by atoms with E-state index in [0.29, 0.717) is 23.7 Å². The number of benzene rings is 1. The van der Waals surface area contributed by atoms with Gasteiger partial charge in [0.15, 0.2) is 0 Å². The van der Waals surface area contributed by atoms with Crippen LogP contribution < -0.4 is 0 Å². The van der Waals surface area contributed by atoms with Crippen molar-refractivity contribution in [2.75, 3.05) is 0 Å². The van der Waals surface area contributed by atoms with Crippen LogP contribution in [0, 0.1) is 23.7 Å². The van der Waals surface area contributed by atoms with E-state index >= 15 is 0 Å². The van der Waals surface area contributed by atoms with Crippen molar-refractivity contribution < 1.29 is 9.53 Å². The van der Waals surface area contributed by atoms with Gasteiger partial charge in [-0.05, 0) is 48.5 Å². The minimum absolute atomic E-state index is 0.0404. The first-order valence-corrected chi connectivity index (χ1v) is 8.81. The molecule has 2 heteroatoms. The Bertz CT molecular complexity index is 508. The van der Waals surface area contributed by atoms with Gasteiger partial charge in [0.25, 0.3) is 0 Å². The third-order valence-electron chi connectivity index (χ3n) is 5.55. The molecule has 5 atom stereocenters. The third-order valence-corrected chi connectivity index (χ3v) is 5.55. The van der Waals surface area contributed by atoms with Gasteiger partial charge in [-0.3, -0.25) is 4.79 Å². The van der Waals surface area contributed by atoms with E-state index in [1.807, 2.05) is 18.2 Å². The molecule has 0 radical (unpaired) electrons. The number of ether oxygens (including phenoxy) is 1. The molecule has 0 spiro atoms. The van der Waals surface area contributed by atoms with Crippen LogP contribution in [-0.2, 0) is 9.53 Å². The molecule has 0 aliphatic heterocycles. The van der Waals surface area contributed by atoms with E-state index in [1.165, 1.54) is 18.4 Å². The second-order valence-corrected chi connectivity index (χ2v) is 7.66. The van der Waals surface area contributed by atoms with E-state index in [9.17, 15) is 4.79 Å². The Morgan fingerprint density at radius 2 is 1.86 bits per heavy atom. The maximum absolute atomic E-state index is 12.5. The Kier molecular flexibility index (Phi) is 4.56. The fourth-order valence-corrected chi connectivity index (χ4v) is 4.01. The van der Waals surface area contributed by atoms with Crippen molar-refractivity contribution in [1.82, 2.24) is 0 Å². The molecule has 0 saturated heterocycles. The van der Waals surface area contributed by atoms with Gasteiger partial charge in [-0.2, -0.15) is 0 Å². The normalized spacial score (nSPS) is 34.5. The van der Waals surface area contributed by atoms with E-state index in [1.54, 1.807) is 0 Å². The van der Waals surface area contributed by atoms with Crippen LogP contribution in [0.15, 0.2) is 30.3 Å². The molecule has 0 unspecified atom stereocenters. The summed E-state index contributed by atoms with van der Waals surface area (Å²) >= 11 is 0. The molecular weight excluding hydrogens is 272 g/mol. The Morgan fingerprint density at radius 1 is 1.14 bits per heavy atom. The highest BCUT2D eigenvalue weighted by atomic mass is 16.5. The molecule has 1 aromatic rings. The lowest BCUT2D eigenvalue weighted by Crippen LogP contribution is -2.36. The van der Waals surface area contributed by atoms with Crippen LogP contribution in [-0.4, -0.2) is 12.1 Å². The van der Waals surface area contributed by atoms with E-state index in [4.69, 9.17) is 4.74 Å². The van der Waals surface area contributed by atoms with Crippen molar-refractivity contribution in [2.24, 2.45) is 23.7 Å². The number of esters is 1. The summed E-state index contributed by atoms with van der Waals surface area (Å²) in [4.78, 5) is 12.5. The molecule has 1 aromatic carbocycles. The van der Waals surface area contributed by atoms with Crippen molar-refractivity contribution in [1.29, 1.82) is 0 Å². The van der Waals surface area contributed by atoms with E-state index in [0.717, 1.165) is 12.8 Å². The lowest BCUT2D eigenvalue weighted by Gasteiger charge is -2.36. The van der Waals surface area contributed by atoms with E-state index in [2.05, 4.69) is 32.9 Å². The van der Waals surface area contributed by atoms with Gasteiger partial charge in [0.05, 0.1) is 5.92 Å². The van der Waals surface area contributed by atoms with Gasteiger partial charge < -0.3 is 4.74 Å². The van der Waals surface area contributed by atoms with Gasteiger partial charge in [-0.1, -0.05) is 57.5 Å². The number of carbonyl (C=O) groups excluding carboxylic acids is 1.